The molecule has 110 valence electrons. The van der Waals surface area contributed by atoms with Crippen LogP contribution in [0.15, 0.2) is 0 Å². The number of nitrogen functional groups attached to an aromatic ring is 1. The fourth-order valence-corrected chi connectivity index (χ4v) is 3.02. The fraction of sp³-hybridized carbons (Fsp3) is 0.714. The molecule has 0 radical (unpaired) electrons. The van der Waals surface area contributed by atoms with E-state index in [2.05, 4.69) is 22.2 Å². The summed E-state index contributed by atoms with van der Waals surface area (Å²) in [5.41, 5.74) is 3.65. The summed E-state index contributed by atoms with van der Waals surface area (Å²) < 4.78 is 0. The Balaban J connectivity index is 2.01. The van der Waals surface area contributed by atoms with Gasteiger partial charge in [0.05, 0.1) is 12.6 Å². The SMILES string of the molecule is Cc1c(NN)nc(C2CC2)nc1N1CCC(C)C1CO. The summed E-state index contributed by atoms with van der Waals surface area (Å²) in [7, 11) is 0. The van der Waals surface area contributed by atoms with E-state index in [1.807, 2.05) is 6.92 Å². The molecule has 6 heteroatoms. The van der Waals surface area contributed by atoms with Crippen molar-refractivity contribution in [2.24, 2.45) is 11.8 Å². The number of aliphatic hydroxyl groups excluding tert-OH is 1. The van der Waals surface area contributed by atoms with Gasteiger partial charge >= 0.3 is 0 Å². The quantitative estimate of drug-likeness (QED) is 0.565. The Labute approximate surface area is 119 Å². The Morgan fingerprint density at radius 2 is 2.10 bits per heavy atom. The zero-order chi connectivity index (χ0) is 14.3. The van der Waals surface area contributed by atoms with E-state index in [0.29, 0.717) is 17.7 Å². The average Bonchev–Trinajstić information content (AvgIpc) is 3.23. The summed E-state index contributed by atoms with van der Waals surface area (Å²) in [6.45, 7) is 5.26. The lowest BCUT2D eigenvalue weighted by molar-refractivity contribution is 0.244. The average molecular weight is 277 g/mol. The van der Waals surface area contributed by atoms with E-state index in [4.69, 9.17) is 10.8 Å². The Kier molecular flexibility index (Phi) is 3.52. The van der Waals surface area contributed by atoms with Gasteiger partial charge in [0.25, 0.3) is 0 Å². The van der Waals surface area contributed by atoms with E-state index in [9.17, 15) is 5.11 Å². The molecule has 1 aromatic heterocycles. The predicted octanol–water partition coefficient (Wildman–Crippen LogP) is 1.16. The highest BCUT2D eigenvalue weighted by Gasteiger charge is 2.35. The normalized spacial score (nSPS) is 26.1. The number of hydrazine groups is 1. The predicted molar refractivity (Wildman–Crippen MR) is 78.6 cm³/mol. The van der Waals surface area contributed by atoms with Crippen molar-refractivity contribution in [2.45, 2.75) is 45.1 Å². The second kappa shape index (κ2) is 5.18. The molecule has 1 aliphatic carbocycles. The summed E-state index contributed by atoms with van der Waals surface area (Å²) in [6.07, 6.45) is 3.40. The molecule has 2 unspecified atom stereocenters. The van der Waals surface area contributed by atoms with E-state index in [1.54, 1.807) is 0 Å². The van der Waals surface area contributed by atoms with Gasteiger partial charge in [-0.1, -0.05) is 6.92 Å². The maximum absolute atomic E-state index is 9.65. The zero-order valence-corrected chi connectivity index (χ0v) is 12.1. The molecule has 20 heavy (non-hydrogen) atoms. The number of hydrogen-bond acceptors (Lipinski definition) is 6. The van der Waals surface area contributed by atoms with Gasteiger partial charge in [0.15, 0.2) is 0 Å². The second-order valence-electron chi connectivity index (χ2n) is 6.01. The Morgan fingerprint density at radius 1 is 1.35 bits per heavy atom. The number of nitrogens with zero attached hydrogens (tertiary/aromatic N) is 3. The number of aromatic nitrogens is 2. The molecule has 0 aromatic carbocycles. The molecule has 0 bridgehead atoms. The van der Waals surface area contributed by atoms with Crippen LogP contribution in [0.2, 0.25) is 0 Å². The van der Waals surface area contributed by atoms with E-state index >= 15 is 0 Å². The Hall–Kier alpha value is -1.40. The molecule has 1 saturated heterocycles. The van der Waals surface area contributed by atoms with Crippen molar-refractivity contribution in [1.29, 1.82) is 0 Å². The van der Waals surface area contributed by atoms with Crippen LogP contribution in [0.25, 0.3) is 0 Å². The van der Waals surface area contributed by atoms with E-state index in [1.165, 1.54) is 0 Å². The summed E-state index contributed by atoms with van der Waals surface area (Å²) in [4.78, 5) is 11.5. The van der Waals surface area contributed by atoms with Crippen LogP contribution in [0.3, 0.4) is 0 Å². The van der Waals surface area contributed by atoms with Crippen LogP contribution in [0.1, 0.15) is 43.5 Å². The second-order valence-corrected chi connectivity index (χ2v) is 6.01. The first kappa shape index (κ1) is 13.6. The third-order valence-electron chi connectivity index (χ3n) is 4.56. The number of aliphatic hydroxyl groups is 1. The molecule has 2 aliphatic rings. The minimum atomic E-state index is 0.140. The molecule has 6 nitrogen and oxygen atoms in total. The van der Waals surface area contributed by atoms with Crippen LogP contribution >= 0.6 is 0 Å². The summed E-state index contributed by atoms with van der Waals surface area (Å²) in [6, 6.07) is 0.140. The van der Waals surface area contributed by atoms with Gasteiger partial charge in [-0.15, -0.1) is 0 Å². The molecular weight excluding hydrogens is 254 g/mol. The molecule has 3 rings (SSSR count). The lowest BCUT2D eigenvalue weighted by Gasteiger charge is -2.28. The van der Waals surface area contributed by atoms with Crippen LogP contribution < -0.4 is 16.2 Å². The lowest BCUT2D eigenvalue weighted by Crippen LogP contribution is -2.36. The van der Waals surface area contributed by atoms with Gasteiger partial charge in [-0.25, -0.2) is 15.8 Å². The minimum Gasteiger partial charge on any atom is -0.394 e. The monoisotopic (exact) mass is 277 g/mol. The van der Waals surface area contributed by atoms with Gasteiger partial charge in [0, 0.05) is 18.0 Å². The lowest BCUT2D eigenvalue weighted by atomic mass is 10.0. The maximum Gasteiger partial charge on any atom is 0.148 e. The summed E-state index contributed by atoms with van der Waals surface area (Å²) >= 11 is 0. The van der Waals surface area contributed by atoms with Crippen molar-refractivity contribution in [1.82, 2.24) is 9.97 Å². The molecule has 0 amide bonds. The Bertz CT molecular complexity index is 503. The van der Waals surface area contributed by atoms with Crippen molar-refractivity contribution in [3.8, 4) is 0 Å². The summed E-state index contributed by atoms with van der Waals surface area (Å²) in [5, 5.41) is 9.65. The molecule has 1 aliphatic heterocycles. The molecule has 1 saturated carbocycles. The molecular formula is C14H23N5O. The third-order valence-corrected chi connectivity index (χ3v) is 4.56. The molecule has 2 fully saturated rings. The van der Waals surface area contributed by atoms with Gasteiger partial charge in [0.1, 0.15) is 17.5 Å². The smallest absolute Gasteiger partial charge is 0.148 e. The topological polar surface area (TPSA) is 87.3 Å². The van der Waals surface area contributed by atoms with Crippen LogP contribution in [-0.4, -0.2) is 34.3 Å². The van der Waals surface area contributed by atoms with Crippen molar-refractivity contribution >= 4 is 11.6 Å². The molecule has 2 atom stereocenters. The van der Waals surface area contributed by atoms with Gasteiger partial charge in [0.2, 0.25) is 0 Å². The summed E-state index contributed by atoms with van der Waals surface area (Å²) in [5.74, 6) is 9.07. The zero-order valence-electron chi connectivity index (χ0n) is 12.1. The highest BCUT2D eigenvalue weighted by atomic mass is 16.3. The van der Waals surface area contributed by atoms with Crippen LogP contribution in [0.5, 0.6) is 0 Å². The van der Waals surface area contributed by atoms with Crippen LogP contribution in [0, 0.1) is 12.8 Å². The number of rotatable bonds is 4. The largest absolute Gasteiger partial charge is 0.394 e. The van der Waals surface area contributed by atoms with Crippen LogP contribution in [-0.2, 0) is 0 Å². The fourth-order valence-electron chi connectivity index (χ4n) is 3.02. The Morgan fingerprint density at radius 3 is 2.70 bits per heavy atom. The number of anilines is 2. The molecule has 0 spiro atoms. The third kappa shape index (κ3) is 2.23. The maximum atomic E-state index is 9.65. The van der Waals surface area contributed by atoms with Crippen molar-refractivity contribution in [3.63, 3.8) is 0 Å². The van der Waals surface area contributed by atoms with Crippen molar-refractivity contribution in [2.75, 3.05) is 23.5 Å². The minimum absolute atomic E-state index is 0.140. The van der Waals surface area contributed by atoms with Gasteiger partial charge < -0.3 is 15.4 Å². The molecule has 4 N–H and O–H groups in total. The molecule has 2 heterocycles. The highest BCUT2D eigenvalue weighted by Crippen LogP contribution is 2.41. The van der Waals surface area contributed by atoms with Gasteiger partial charge in [-0.05, 0) is 32.1 Å². The van der Waals surface area contributed by atoms with Gasteiger partial charge in [-0.2, -0.15) is 0 Å². The van der Waals surface area contributed by atoms with E-state index < -0.39 is 0 Å². The van der Waals surface area contributed by atoms with Gasteiger partial charge in [-0.3, -0.25) is 0 Å². The van der Waals surface area contributed by atoms with Crippen molar-refractivity contribution < 1.29 is 5.11 Å². The van der Waals surface area contributed by atoms with E-state index in [0.717, 1.165) is 43.0 Å². The first-order chi connectivity index (χ1) is 9.65. The van der Waals surface area contributed by atoms with Crippen LogP contribution in [0.4, 0.5) is 11.6 Å². The number of hydrogen-bond donors (Lipinski definition) is 3. The first-order valence-corrected chi connectivity index (χ1v) is 7.38. The van der Waals surface area contributed by atoms with Crippen molar-refractivity contribution in [3.05, 3.63) is 11.4 Å². The molecule has 1 aromatic rings. The van der Waals surface area contributed by atoms with E-state index in [-0.39, 0.29) is 12.6 Å². The number of nitrogens with one attached hydrogen (secondary N) is 1. The standard InChI is InChI=1S/C14H23N5O/c1-8-5-6-19(11(8)7-20)14-9(2)12(18-15)16-13(17-14)10-3-4-10/h8,10-11,20H,3-7,15H2,1-2H3,(H,16,17,18). The highest BCUT2D eigenvalue weighted by molar-refractivity contribution is 5.59. The number of nitrogens with two attached hydrogens (primary N) is 1. The first-order valence-electron chi connectivity index (χ1n) is 7.38.